The van der Waals surface area contributed by atoms with Gasteiger partial charge in [-0.15, -0.1) is 22.7 Å². The minimum absolute atomic E-state index is 0.162. The Kier molecular flexibility index (Phi) is 12.5. The molecule has 0 aliphatic rings. The highest BCUT2D eigenvalue weighted by Crippen LogP contribution is 2.29. The van der Waals surface area contributed by atoms with Crippen molar-refractivity contribution in [2.45, 2.75) is 53.4 Å². The van der Waals surface area contributed by atoms with Crippen molar-refractivity contribution < 1.29 is 9.84 Å². The molecule has 148 valence electrons. The van der Waals surface area contributed by atoms with Crippen LogP contribution in [0.4, 0.5) is 0 Å². The van der Waals surface area contributed by atoms with E-state index in [4.69, 9.17) is 9.84 Å². The Bertz CT molecular complexity index is 657. The van der Waals surface area contributed by atoms with Crippen LogP contribution in [-0.2, 0) is 0 Å². The first-order valence-electron chi connectivity index (χ1n) is 9.31. The van der Waals surface area contributed by atoms with E-state index in [2.05, 4.69) is 39.8 Å². The molecule has 2 rings (SSSR count). The third-order valence-corrected chi connectivity index (χ3v) is 5.24. The van der Waals surface area contributed by atoms with Gasteiger partial charge in [0.15, 0.2) is 10.1 Å². The molecule has 4 heteroatoms. The summed E-state index contributed by atoms with van der Waals surface area (Å²) in [6.07, 6.45) is 10.9. The van der Waals surface area contributed by atoms with Gasteiger partial charge < -0.3 is 9.84 Å². The third kappa shape index (κ3) is 12.4. The van der Waals surface area contributed by atoms with Crippen molar-refractivity contribution in [3.63, 3.8) is 0 Å². The van der Waals surface area contributed by atoms with Crippen molar-refractivity contribution in [3.05, 3.63) is 70.0 Å². The molecule has 0 aliphatic carbocycles. The van der Waals surface area contributed by atoms with Gasteiger partial charge in [0.2, 0.25) is 0 Å². The molecule has 0 fully saturated rings. The monoisotopic (exact) mass is 404 g/mol. The molecule has 0 radical (unpaired) electrons. The highest BCUT2D eigenvalue weighted by atomic mass is 32.1. The normalized spacial score (nSPS) is 11.6. The fourth-order valence-electron chi connectivity index (χ4n) is 2.24. The van der Waals surface area contributed by atoms with E-state index in [9.17, 15) is 0 Å². The zero-order valence-corrected chi connectivity index (χ0v) is 18.5. The van der Waals surface area contributed by atoms with Crippen molar-refractivity contribution in [2.75, 3.05) is 6.61 Å². The van der Waals surface area contributed by atoms with Gasteiger partial charge in [-0.2, -0.15) is 0 Å². The molecule has 2 heterocycles. The molecular weight excluding hydrogens is 372 g/mol. The zero-order valence-electron chi connectivity index (χ0n) is 16.9. The summed E-state index contributed by atoms with van der Waals surface area (Å²) in [5, 5.41) is 14.6. The largest absolute Gasteiger partial charge is 0.436 e. The Labute approximate surface area is 172 Å². The maximum Gasteiger partial charge on any atom is 0.182 e. The quantitative estimate of drug-likeness (QED) is 0.429. The van der Waals surface area contributed by atoms with Gasteiger partial charge in [-0.05, 0) is 88.4 Å². The van der Waals surface area contributed by atoms with Crippen LogP contribution in [0, 0.1) is 0 Å². The molecule has 0 bridgehead atoms. The van der Waals surface area contributed by atoms with Crippen LogP contribution in [0.15, 0.2) is 70.0 Å². The summed E-state index contributed by atoms with van der Waals surface area (Å²) in [4.78, 5) is 0. The van der Waals surface area contributed by atoms with Gasteiger partial charge in [0, 0.05) is 0 Å². The van der Waals surface area contributed by atoms with Gasteiger partial charge in [0.05, 0.1) is 6.61 Å². The highest BCUT2D eigenvalue weighted by Gasteiger charge is 1.96. The Morgan fingerprint density at radius 3 is 1.81 bits per heavy atom. The van der Waals surface area contributed by atoms with Crippen molar-refractivity contribution in [2.24, 2.45) is 0 Å². The molecule has 0 atom stereocenters. The van der Waals surface area contributed by atoms with Crippen LogP contribution in [0.25, 0.3) is 0 Å². The summed E-state index contributed by atoms with van der Waals surface area (Å²) in [5.74, 6) is 0. The number of aliphatic hydroxyl groups excluding tert-OH is 1. The first-order chi connectivity index (χ1) is 13.0. The number of ether oxygens (including phenoxy) is 1. The predicted molar refractivity (Wildman–Crippen MR) is 121 cm³/mol. The Hall–Kier alpha value is -1.62. The second kappa shape index (κ2) is 14.4. The zero-order chi connectivity index (χ0) is 19.9. The second-order valence-corrected chi connectivity index (χ2v) is 8.43. The standard InChI is InChI=1S/C15H26O.C8H6OS2/c1-13(2)7-5-8-14(3)9-6-10-15(4)11-12-16;1-3-7(10-5-1)9-8-4-2-6-11-8/h7,9,11,16H,5-6,8,10,12H2,1-4H3;1-6H. The second-order valence-electron chi connectivity index (χ2n) is 6.61. The molecule has 1 N–H and O–H groups in total. The fourth-order valence-corrected chi connectivity index (χ4v) is 3.46. The molecular formula is C23H32O2S2. The number of hydrogen-bond donors (Lipinski definition) is 1. The minimum atomic E-state index is 0.162. The molecule has 2 aromatic rings. The topological polar surface area (TPSA) is 29.5 Å². The van der Waals surface area contributed by atoms with Gasteiger partial charge in [0.25, 0.3) is 0 Å². The van der Waals surface area contributed by atoms with Crippen LogP contribution < -0.4 is 4.74 Å². The number of thiophene rings is 2. The van der Waals surface area contributed by atoms with E-state index in [-0.39, 0.29) is 6.61 Å². The average molecular weight is 405 g/mol. The van der Waals surface area contributed by atoms with Crippen LogP contribution in [0.1, 0.15) is 53.4 Å². The smallest absolute Gasteiger partial charge is 0.182 e. The lowest BCUT2D eigenvalue weighted by molar-refractivity contribution is 0.341. The highest BCUT2D eigenvalue weighted by molar-refractivity contribution is 7.13. The lowest BCUT2D eigenvalue weighted by Crippen LogP contribution is -1.82. The lowest BCUT2D eigenvalue weighted by Gasteiger charge is -2.00. The van der Waals surface area contributed by atoms with Crippen molar-refractivity contribution in [3.8, 4) is 10.1 Å². The summed E-state index contributed by atoms with van der Waals surface area (Å²) in [6, 6.07) is 7.88. The number of rotatable bonds is 9. The van der Waals surface area contributed by atoms with Crippen LogP contribution >= 0.6 is 22.7 Å². The predicted octanol–water partition coefficient (Wildman–Crippen LogP) is 8.00. The van der Waals surface area contributed by atoms with Gasteiger partial charge in [-0.25, -0.2) is 0 Å². The summed E-state index contributed by atoms with van der Waals surface area (Å²) in [6.45, 7) is 8.71. The molecule has 0 aromatic carbocycles. The summed E-state index contributed by atoms with van der Waals surface area (Å²) >= 11 is 3.21. The van der Waals surface area contributed by atoms with E-state index in [0.29, 0.717) is 0 Å². The Morgan fingerprint density at radius 1 is 0.852 bits per heavy atom. The summed E-state index contributed by atoms with van der Waals surface area (Å²) in [7, 11) is 0. The van der Waals surface area contributed by atoms with E-state index in [1.54, 1.807) is 22.7 Å². The van der Waals surface area contributed by atoms with E-state index in [1.165, 1.54) is 16.7 Å². The molecule has 0 saturated heterocycles. The molecule has 27 heavy (non-hydrogen) atoms. The number of hydrogen-bond acceptors (Lipinski definition) is 4. The molecule has 0 aliphatic heterocycles. The SMILES string of the molecule is CC(C)=CCCC(C)=CCCC(C)=CCO.c1csc(Oc2cccs2)c1. The first kappa shape index (κ1) is 23.4. The molecule has 0 amide bonds. The van der Waals surface area contributed by atoms with Gasteiger partial charge >= 0.3 is 0 Å². The molecule has 0 saturated carbocycles. The van der Waals surface area contributed by atoms with Crippen LogP contribution in [0.5, 0.6) is 10.1 Å². The van der Waals surface area contributed by atoms with E-state index in [0.717, 1.165) is 35.8 Å². The lowest BCUT2D eigenvalue weighted by atomic mass is 10.1. The van der Waals surface area contributed by atoms with E-state index >= 15 is 0 Å². The van der Waals surface area contributed by atoms with Gasteiger partial charge in [-0.1, -0.05) is 34.9 Å². The van der Waals surface area contributed by atoms with Crippen LogP contribution in [0.2, 0.25) is 0 Å². The van der Waals surface area contributed by atoms with Crippen molar-refractivity contribution >= 4 is 22.7 Å². The van der Waals surface area contributed by atoms with Gasteiger partial charge in [-0.3, -0.25) is 0 Å². The van der Waals surface area contributed by atoms with Crippen LogP contribution in [-0.4, -0.2) is 11.7 Å². The summed E-state index contributed by atoms with van der Waals surface area (Å²) < 4.78 is 5.50. The molecule has 2 aromatic heterocycles. The van der Waals surface area contributed by atoms with E-state index in [1.807, 2.05) is 41.1 Å². The van der Waals surface area contributed by atoms with E-state index < -0.39 is 0 Å². The van der Waals surface area contributed by atoms with Crippen LogP contribution in [0.3, 0.4) is 0 Å². The maximum absolute atomic E-state index is 8.72. The minimum Gasteiger partial charge on any atom is -0.436 e. The Morgan fingerprint density at radius 2 is 1.37 bits per heavy atom. The van der Waals surface area contributed by atoms with Crippen molar-refractivity contribution in [1.29, 1.82) is 0 Å². The first-order valence-corrected chi connectivity index (χ1v) is 11.1. The maximum atomic E-state index is 8.72. The summed E-state index contributed by atoms with van der Waals surface area (Å²) in [5.41, 5.74) is 4.14. The Balaban J connectivity index is 0.000000285. The number of allylic oxidation sites excluding steroid dienone is 5. The van der Waals surface area contributed by atoms with Gasteiger partial charge in [0.1, 0.15) is 0 Å². The molecule has 0 unspecified atom stereocenters. The third-order valence-electron chi connectivity index (χ3n) is 3.75. The number of aliphatic hydroxyl groups is 1. The average Bonchev–Trinajstić information content (AvgIpc) is 3.30. The molecule has 0 spiro atoms. The fraction of sp³-hybridized carbons (Fsp3) is 0.391. The van der Waals surface area contributed by atoms with Crippen molar-refractivity contribution in [1.82, 2.24) is 0 Å². The molecule has 2 nitrogen and oxygen atoms in total.